The van der Waals surface area contributed by atoms with Gasteiger partial charge in [-0.15, -0.1) is 0 Å². The molecule has 0 fully saturated rings. The largest absolute Gasteiger partial charge is 0.488 e. The Morgan fingerprint density at radius 1 is 1.31 bits per heavy atom. The van der Waals surface area contributed by atoms with Crippen molar-refractivity contribution in [3.8, 4) is 5.75 Å². The van der Waals surface area contributed by atoms with Gasteiger partial charge < -0.3 is 10.5 Å². The lowest BCUT2D eigenvalue weighted by molar-refractivity contribution is 0.360. The number of benzene rings is 1. The van der Waals surface area contributed by atoms with Gasteiger partial charge in [-0.05, 0) is 34.7 Å². The first kappa shape index (κ1) is 10.5. The van der Waals surface area contributed by atoms with E-state index in [-0.39, 0.29) is 0 Å². The second kappa shape index (κ2) is 5.99. The minimum atomic E-state index is 0.565. The lowest BCUT2D eigenvalue weighted by Gasteiger charge is -2.04. The van der Waals surface area contributed by atoms with E-state index in [0.29, 0.717) is 13.2 Å². The molecule has 0 aliphatic heterocycles. The first-order chi connectivity index (χ1) is 6.34. The normalized spacial score (nSPS) is 10.6. The van der Waals surface area contributed by atoms with Gasteiger partial charge in [0.1, 0.15) is 12.4 Å². The zero-order valence-electron chi connectivity index (χ0n) is 7.24. The van der Waals surface area contributed by atoms with Gasteiger partial charge in [0.15, 0.2) is 0 Å². The molecule has 0 amide bonds. The van der Waals surface area contributed by atoms with Gasteiger partial charge in [-0.25, -0.2) is 0 Å². The van der Waals surface area contributed by atoms with Gasteiger partial charge in [0.25, 0.3) is 0 Å². The van der Waals surface area contributed by atoms with Crippen LogP contribution in [0.15, 0.2) is 36.4 Å². The highest BCUT2D eigenvalue weighted by atomic mass is 127. The summed E-state index contributed by atoms with van der Waals surface area (Å²) < 4.78 is 6.62. The van der Waals surface area contributed by atoms with Crippen molar-refractivity contribution in [1.82, 2.24) is 0 Å². The van der Waals surface area contributed by atoms with Crippen LogP contribution in [0, 0.1) is 3.57 Å². The van der Waals surface area contributed by atoms with E-state index in [0.717, 1.165) is 9.32 Å². The minimum absolute atomic E-state index is 0.565. The van der Waals surface area contributed by atoms with Crippen molar-refractivity contribution in [3.63, 3.8) is 0 Å². The standard InChI is InChI=1S/C10H12INO/c11-9-5-1-2-6-10(9)13-8-4-3-7-12/h1-6H,7-8,12H2. The summed E-state index contributed by atoms with van der Waals surface area (Å²) >= 11 is 2.25. The molecule has 13 heavy (non-hydrogen) atoms. The van der Waals surface area contributed by atoms with E-state index in [1.165, 1.54) is 0 Å². The molecule has 1 rings (SSSR count). The number of nitrogens with two attached hydrogens (primary N) is 1. The number of hydrogen-bond donors (Lipinski definition) is 1. The molecule has 3 heteroatoms. The molecule has 1 aromatic carbocycles. The lowest BCUT2D eigenvalue weighted by atomic mass is 10.3. The van der Waals surface area contributed by atoms with Gasteiger partial charge in [-0.3, -0.25) is 0 Å². The quantitative estimate of drug-likeness (QED) is 0.681. The molecule has 70 valence electrons. The molecule has 0 heterocycles. The zero-order chi connectivity index (χ0) is 9.52. The van der Waals surface area contributed by atoms with Crippen molar-refractivity contribution < 1.29 is 4.74 Å². The first-order valence-electron chi connectivity index (χ1n) is 4.07. The summed E-state index contributed by atoms with van der Waals surface area (Å²) in [7, 11) is 0. The van der Waals surface area contributed by atoms with Crippen LogP contribution in [0.3, 0.4) is 0 Å². The smallest absolute Gasteiger partial charge is 0.133 e. The molecule has 2 nitrogen and oxygen atoms in total. The van der Waals surface area contributed by atoms with Crippen LogP contribution < -0.4 is 10.5 Å². The van der Waals surface area contributed by atoms with Crippen molar-refractivity contribution in [1.29, 1.82) is 0 Å². The molecule has 0 spiro atoms. The van der Waals surface area contributed by atoms with Gasteiger partial charge in [-0.2, -0.15) is 0 Å². The van der Waals surface area contributed by atoms with Crippen LogP contribution in [-0.4, -0.2) is 13.2 Å². The third-order valence-corrected chi connectivity index (χ3v) is 2.37. The number of para-hydroxylation sites is 1. The van der Waals surface area contributed by atoms with Crippen molar-refractivity contribution in [2.45, 2.75) is 0 Å². The highest BCUT2D eigenvalue weighted by Gasteiger charge is 1.95. The van der Waals surface area contributed by atoms with Crippen molar-refractivity contribution >= 4 is 22.6 Å². The number of rotatable bonds is 4. The van der Waals surface area contributed by atoms with Crippen LogP contribution in [0.4, 0.5) is 0 Å². The Balaban J connectivity index is 2.45. The monoisotopic (exact) mass is 289 g/mol. The zero-order valence-corrected chi connectivity index (χ0v) is 9.40. The van der Waals surface area contributed by atoms with Crippen molar-refractivity contribution in [2.75, 3.05) is 13.2 Å². The Hall–Kier alpha value is -0.550. The minimum Gasteiger partial charge on any atom is -0.488 e. The lowest BCUT2D eigenvalue weighted by Crippen LogP contribution is -1.97. The second-order valence-electron chi connectivity index (χ2n) is 2.45. The maximum atomic E-state index is 5.49. The van der Waals surface area contributed by atoms with Crippen LogP contribution in [0.25, 0.3) is 0 Å². The van der Waals surface area contributed by atoms with E-state index in [1.54, 1.807) is 0 Å². The summed E-state index contributed by atoms with van der Waals surface area (Å²) in [5.41, 5.74) is 5.29. The summed E-state index contributed by atoms with van der Waals surface area (Å²) in [6, 6.07) is 7.93. The first-order valence-corrected chi connectivity index (χ1v) is 5.15. The number of ether oxygens (including phenoxy) is 1. The van der Waals surface area contributed by atoms with Gasteiger partial charge in [0, 0.05) is 6.54 Å². The number of hydrogen-bond acceptors (Lipinski definition) is 2. The van der Waals surface area contributed by atoms with Crippen molar-refractivity contribution in [2.24, 2.45) is 5.73 Å². The van der Waals surface area contributed by atoms with E-state index in [1.807, 2.05) is 36.4 Å². The average molecular weight is 289 g/mol. The summed E-state index contributed by atoms with van der Waals surface area (Å²) in [6.45, 7) is 1.15. The average Bonchev–Trinajstić information content (AvgIpc) is 2.15. The maximum absolute atomic E-state index is 5.49. The molecule has 0 saturated heterocycles. The molecular formula is C10H12INO. The van der Waals surface area contributed by atoms with Crippen LogP contribution in [0.1, 0.15) is 0 Å². The Labute approximate surface area is 91.9 Å². The third kappa shape index (κ3) is 3.78. The fourth-order valence-corrected chi connectivity index (χ4v) is 1.41. The number of halogens is 1. The van der Waals surface area contributed by atoms with E-state index < -0.39 is 0 Å². The summed E-state index contributed by atoms with van der Waals surface area (Å²) in [5.74, 6) is 0.921. The van der Waals surface area contributed by atoms with Crippen molar-refractivity contribution in [3.05, 3.63) is 40.0 Å². The van der Waals surface area contributed by atoms with Gasteiger partial charge >= 0.3 is 0 Å². The molecule has 0 atom stereocenters. The third-order valence-electron chi connectivity index (χ3n) is 1.47. The molecule has 0 aliphatic carbocycles. The van der Waals surface area contributed by atoms with E-state index in [4.69, 9.17) is 10.5 Å². The van der Waals surface area contributed by atoms with E-state index in [2.05, 4.69) is 22.6 Å². The van der Waals surface area contributed by atoms with Gasteiger partial charge in [0.05, 0.1) is 3.57 Å². The Kier molecular flexibility index (Phi) is 4.85. The maximum Gasteiger partial charge on any atom is 0.133 e. The molecule has 0 radical (unpaired) electrons. The SMILES string of the molecule is NCC=CCOc1ccccc1I. The van der Waals surface area contributed by atoms with Crippen LogP contribution in [0.5, 0.6) is 5.75 Å². The van der Waals surface area contributed by atoms with Crippen LogP contribution in [-0.2, 0) is 0 Å². The fourth-order valence-electron chi connectivity index (χ4n) is 0.864. The predicted octanol–water partition coefficient (Wildman–Crippen LogP) is 2.18. The highest BCUT2D eigenvalue weighted by molar-refractivity contribution is 14.1. The molecular weight excluding hydrogens is 277 g/mol. The fraction of sp³-hybridized carbons (Fsp3) is 0.200. The van der Waals surface area contributed by atoms with Gasteiger partial charge in [-0.1, -0.05) is 24.3 Å². The summed E-state index contributed by atoms with van der Waals surface area (Å²) in [6.07, 6.45) is 3.80. The molecule has 0 unspecified atom stereocenters. The molecule has 0 saturated carbocycles. The Bertz CT molecular complexity index is 286. The summed E-state index contributed by atoms with van der Waals surface area (Å²) in [5, 5.41) is 0. The van der Waals surface area contributed by atoms with E-state index in [9.17, 15) is 0 Å². The highest BCUT2D eigenvalue weighted by Crippen LogP contribution is 2.19. The summed E-state index contributed by atoms with van der Waals surface area (Å²) in [4.78, 5) is 0. The van der Waals surface area contributed by atoms with Crippen LogP contribution in [0.2, 0.25) is 0 Å². The van der Waals surface area contributed by atoms with E-state index >= 15 is 0 Å². The molecule has 0 bridgehead atoms. The molecule has 2 N–H and O–H groups in total. The Morgan fingerprint density at radius 2 is 2.08 bits per heavy atom. The molecule has 0 aromatic heterocycles. The topological polar surface area (TPSA) is 35.2 Å². The second-order valence-corrected chi connectivity index (χ2v) is 3.61. The predicted molar refractivity (Wildman–Crippen MR) is 62.8 cm³/mol. The molecule has 0 aliphatic rings. The van der Waals surface area contributed by atoms with Gasteiger partial charge in [0.2, 0.25) is 0 Å². The van der Waals surface area contributed by atoms with Crippen LogP contribution >= 0.6 is 22.6 Å². The molecule has 1 aromatic rings. The Morgan fingerprint density at radius 3 is 2.77 bits per heavy atom.